The zero-order chi connectivity index (χ0) is 18.8. The van der Waals surface area contributed by atoms with E-state index in [1.165, 1.54) is 16.0 Å². The van der Waals surface area contributed by atoms with E-state index < -0.39 is 5.72 Å². The second kappa shape index (κ2) is 7.51. The number of likely N-dealkylation sites (tertiary alicyclic amines) is 1. The van der Waals surface area contributed by atoms with Gasteiger partial charge >= 0.3 is 0 Å². The van der Waals surface area contributed by atoms with Gasteiger partial charge in [0.05, 0.1) is 0 Å². The van der Waals surface area contributed by atoms with E-state index in [0.717, 1.165) is 43.9 Å². The Bertz CT molecular complexity index is 943. The van der Waals surface area contributed by atoms with Crippen molar-refractivity contribution >= 4 is 17.2 Å². The average Bonchev–Trinajstić information content (AvgIpc) is 3.42. The van der Waals surface area contributed by atoms with Crippen molar-refractivity contribution in [3.05, 3.63) is 83.2 Å². The largest absolute Gasteiger partial charge is 0.299 e. The number of rotatable bonds is 4. The fourth-order valence-corrected chi connectivity index (χ4v) is 4.60. The van der Waals surface area contributed by atoms with Gasteiger partial charge in [0.2, 0.25) is 0 Å². The molecule has 3 aromatic rings. The molecule has 1 spiro atoms. The van der Waals surface area contributed by atoms with Crippen LogP contribution in [0.1, 0.15) is 24.0 Å². The lowest BCUT2D eigenvalue weighted by atomic mass is 10.0. The number of amidine groups is 1. The van der Waals surface area contributed by atoms with Crippen molar-refractivity contribution in [3.63, 3.8) is 0 Å². The lowest BCUT2D eigenvalue weighted by molar-refractivity contribution is -0.0901. The van der Waals surface area contributed by atoms with E-state index in [1.54, 1.807) is 11.3 Å². The summed E-state index contributed by atoms with van der Waals surface area (Å²) in [5.74, 6) is 0.842. The van der Waals surface area contributed by atoms with Gasteiger partial charge in [-0.25, -0.2) is 15.3 Å². The summed E-state index contributed by atoms with van der Waals surface area (Å²) >= 11 is 1.76. The van der Waals surface area contributed by atoms with E-state index in [-0.39, 0.29) is 0 Å². The number of hydrogen-bond donors (Lipinski definition) is 1. The maximum absolute atomic E-state index is 5.97. The molecule has 0 unspecified atom stereocenters. The smallest absolute Gasteiger partial charge is 0.190 e. The molecule has 2 aromatic carbocycles. The molecule has 5 rings (SSSR count). The quantitative estimate of drug-likeness (QED) is 0.703. The van der Waals surface area contributed by atoms with Crippen molar-refractivity contribution in [2.75, 3.05) is 13.1 Å². The monoisotopic (exact) mass is 389 g/mol. The van der Waals surface area contributed by atoms with Crippen molar-refractivity contribution in [3.8, 4) is 10.4 Å². The van der Waals surface area contributed by atoms with Crippen molar-refractivity contribution in [1.29, 1.82) is 0 Å². The fourth-order valence-electron chi connectivity index (χ4n) is 3.87. The number of nitrogens with zero attached hydrogens (tertiary/aromatic N) is 2. The Kier molecular flexibility index (Phi) is 4.72. The molecule has 28 heavy (non-hydrogen) atoms. The Labute approximate surface area is 169 Å². The third-order valence-corrected chi connectivity index (χ3v) is 6.42. The van der Waals surface area contributed by atoms with Crippen molar-refractivity contribution in [2.45, 2.75) is 25.1 Å². The highest BCUT2D eigenvalue weighted by atomic mass is 32.1. The van der Waals surface area contributed by atoms with Gasteiger partial charge in [0.25, 0.3) is 0 Å². The topological polar surface area (TPSA) is 36.9 Å². The minimum Gasteiger partial charge on any atom is -0.299 e. The third kappa shape index (κ3) is 3.61. The number of piperidine rings is 1. The molecule has 5 heteroatoms. The highest BCUT2D eigenvalue weighted by Gasteiger charge is 2.40. The summed E-state index contributed by atoms with van der Waals surface area (Å²) in [4.78, 5) is 14.7. The Balaban J connectivity index is 1.25. The maximum Gasteiger partial charge on any atom is 0.190 e. The summed E-state index contributed by atoms with van der Waals surface area (Å²) < 4.78 is 0. The molecule has 2 aliphatic rings. The molecule has 0 bridgehead atoms. The predicted octanol–water partition coefficient (Wildman–Crippen LogP) is 4.69. The maximum atomic E-state index is 5.97. The molecule has 0 aliphatic carbocycles. The summed E-state index contributed by atoms with van der Waals surface area (Å²) in [5.41, 5.74) is 6.34. The molecule has 1 fully saturated rings. The zero-order valence-corrected chi connectivity index (χ0v) is 16.5. The van der Waals surface area contributed by atoms with E-state index >= 15 is 0 Å². The fraction of sp³-hybridized carbons (Fsp3) is 0.261. The van der Waals surface area contributed by atoms with E-state index in [2.05, 4.69) is 82.5 Å². The zero-order valence-electron chi connectivity index (χ0n) is 15.7. The summed E-state index contributed by atoms with van der Waals surface area (Å²) in [5, 5.41) is 2.10. The number of thiophene rings is 1. The minimum absolute atomic E-state index is 0.422. The van der Waals surface area contributed by atoms with Crippen LogP contribution in [0.4, 0.5) is 0 Å². The molecule has 1 N–H and O–H groups in total. The van der Waals surface area contributed by atoms with Crippen LogP contribution in [0.2, 0.25) is 0 Å². The SMILES string of the molecule is c1ccc(CN2CCC3(CC2)N=C(c2ccc(-c4cccs4)cc2)NO3)cc1. The third-order valence-electron chi connectivity index (χ3n) is 5.50. The van der Waals surface area contributed by atoms with Gasteiger partial charge in [-0.2, -0.15) is 0 Å². The molecule has 0 amide bonds. The van der Waals surface area contributed by atoms with Gasteiger partial charge in [0, 0.05) is 42.9 Å². The molecule has 3 heterocycles. The van der Waals surface area contributed by atoms with Crippen LogP contribution in [0, 0.1) is 0 Å². The Morgan fingerprint density at radius 1 is 0.929 bits per heavy atom. The van der Waals surface area contributed by atoms with Gasteiger partial charge in [-0.3, -0.25) is 4.90 Å². The molecule has 0 radical (unpaired) electrons. The first-order chi connectivity index (χ1) is 13.8. The molecule has 2 aliphatic heterocycles. The van der Waals surface area contributed by atoms with Crippen LogP contribution in [0.25, 0.3) is 10.4 Å². The van der Waals surface area contributed by atoms with E-state index in [0.29, 0.717) is 0 Å². The first-order valence-electron chi connectivity index (χ1n) is 9.74. The molecule has 1 aromatic heterocycles. The molecule has 0 saturated carbocycles. The van der Waals surface area contributed by atoms with Crippen molar-refractivity contribution < 1.29 is 4.84 Å². The highest BCUT2D eigenvalue weighted by Crippen LogP contribution is 2.32. The molecule has 142 valence electrons. The van der Waals surface area contributed by atoms with Crippen LogP contribution in [-0.4, -0.2) is 29.6 Å². The van der Waals surface area contributed by atoms with Crippen LogP contribution < -0.4 is 5.48 Å². The first kappa shape index (κ1) is 17.6. The van der Waals surface area contributed by atoms with Gasteiger partial charge in [-0.1, -0.05) is 60.7 Å². The first-order valence-corrected chi connectivity index (χ1v) is 10.6. The Morgan fingerprint density at radius 3 is 2.39 bits per heavy atom. The van der Waals surface area contributed by atoms with Crippen LogP contribution in [0.3, 0.4) is 0 Å². The molecular weight excluding hydrogens is 366 g/mol. The van der Waals surface area contributed by atoms with E-state index in [4.69, 9.17) is 9.83 Å². The Hall–Kier alpha value is -2.47. The molecular formula is C23H23N3OS. The van der Waals surface area contributed by atoms with Crippen LogP contribution in [0.15, 0.2) is 77.1 Å². The average molecular weight is 390 g/mol. The van der Waals surface area contributed by atoms with Crippen molar-refractivity contribution in [1.82, 2.24) is 10.4 Å². The van der Waals surface area contributed by atoms with Crippen molar-refractivity contribution in [2.24, 2.45) is 4.99 Å². The van der Waals surface area contributed by atoms with Gasteiger partial charge < -0.3 is 0 Å². The van der Waals surface area contributed by atoms with Gasteiger partial charge in [-0.05, 0) is 22.6 Å². The summed E-state index contributed by atoms with van der Waals surface area (Å²) in [6.07, 6.45) is 1.81. The lowest BCUT2D eigenvalue weighted by Gasteiger charge is -2.35. The molecule has 0 atom stereocenters. The second-order valence-corrected chi connectivity index (χ2v) is 8.37. The number of aliphatic imine (C=N–C) groups is 1. The Morgan fingerprint density at radius 2 is 1.68 bits per heavy atom. The summed E-state index contributed by atoms with van der Waals surface area (Å²) in [6, 6.07) is 23.4. The minimum atomic E-state index is -0.422. The van der Waals surface area contributed by atoms with Gasteiger partial charge in [-0.15, -0.1) is 11.3 Å². The summed E-state index contributed by atoms with van der Waals surface area (Å²) in [7, 11) is 0. The molecule has 1 saturated heterocycles. The van der Waals surface area contributed by atoms with Crippen LogP contribution in [0.5, 0.6) is 0 Å². The van der Waals surface area contributed by atoms with Crippen LogP contribution >= 0.6 is 11.3 Å². The number of nitrogens with one attached hydrogen (secondary N) is 1. The van der Waals surface area contributed by atoms with Gasteiger partial charge in [0.1, 0.15) is 0 Å². The van der Waals surface area contributed by atoms with Gasteiger partial charge in [0.15, 0.2) is 11.6 Å². The number of hydroxylamine groups is 1. The molecule has 4 nitrogen and oxygen atoms in total. The normalized spacial score (nSPS) is 18.8. The summed E-state index contributed by atoms with van der Waals surface area (Å²) in [6.45, 7) is 2.97. The van der Waals surface area contributed by atoms with E-state index in [1.807, 2.05) is 0 Å². The number of hydrogen-bond acceptors (Lipinski definition) is 5. The van der Waals surface area contributed by atoms with E-state index in [9.17, 15) is 0 Å². The van der Waals surface area contributed by atoms with Crippen LogP contribution in [-0.2, 0) is 11.4 Å². The lowest BCUT2D eigenvalue weighted by Crippen LogP contribution is -2.44. The second-order valence-electron chi connectivity index (χ2n) is 7.43. The highest BCUT2D eigenvalue weighted by molar-refractivity contribution is 7.13. The standard InChI is InChI=1S/C23H23N3OS/c1-2-5-18(6-3-1)17-26-14-12-23(13-15-26)24-22(25-27-23)20-10-8-19(9-11-20)21-7-4-16-28-21/h1-11,16H,12-15,17H2,(H,24,25). The predicted molar refractivity (Wildman–Crippen MR) is 114 cm³/mol. The number of benzene rings is 2.